The Morgan fingerprint density at radius 3 is 2.33 bits per heavy atom. The highest BCUT2D eigenvalue weighted by Gasteiger charge is 2.07. The van der Waals surface area contributed by atoms with E-state index in [1.165, 1.54) is 35.2 Å². The van der Waals surface area contributed by atoms with Crippen molar-refractivity contribution in [2.24, 2.45) is 0 Å². The fourth-order valence-corrected chi connectivity index (χ4v) is 2.00. The van der Waals surface area contributed by atoms with Gasteiger partial charge < -0.3 is 9.64 Å². The molecule has 0 unspecified atom stereocenters. The Hall–Kier alpha value is -2.76. The minimum Gasteiger partial charge on any atom is -0.435 e. The summed E-state index contributed by atoms with van der Waals surface area (Å²) in [5.41, 5.74) is 1.49. The van der Waals surface area contributed by atoms with Gasteiger partial charge in [-0.1, -0.05) is 24.3 Å². The maximum atomic E-state index is 12.8. The summed E-state index contributed by atoms with van der Waals surface area (Å²) in [6.07, 6.45) is 2.99. The van der Waals surface area contributed by atoms with E-state index in [0.29, 0.717) is 12.1 Å². The molecule has 0 N–H and O–H groups in total. The average Bonchev–Trinajstić information content (AvgIpc) is 2.55. The number of hydrogen-bond donors (Lipinski definition) is 0. The van der Waals surface area contributed by atoms with Crippen LogP contribution in [0.25, 0.3) is 6.08 Å². The van der Waals surface area contributed by atoms with Crippen LogP contribution in [0.4, 0.5) is 13.2 Å². The molecule has 24 heavy (non-hydrogen) atoms. The summed E-state index contributed by atoms with van der Waals surface area (Å²) >= 11 is 0. The summed E-state index contributed by atoms with van der Waals surface area (Å²) < 4.78 is 41.2. The SMILES string of the molecule is CN(Cc1ccc(OC(F)F)cc1)C(=O)C=Cc1ccc(F)cc1. The van der Waals surface area contributed by atoms with Crippen LogP contribution in [-0.2, 0) is 11.3 Å². The lowest BCUT2D eigenvalue weighted by Crippen LogP contribution is -2.24. The molecule has 0 aliphatic rings. The van der Waals surface area contributed by atoms with E-state index in [1.54, 1.807) is 37.4 Å². The van der Waals surface area contributed by atoms with Crippen LogP contribution < -0.4 is 4.74 Å². The van der Waals surface area contributed by atoms with Gasteiger partial charge in [0.05, 0.1) is 0 Å². The summed E-state index contributed by atoms with van der Waals surface area (Å²) in [5.74, 6) is -0.499. The second-order valence-electron chi connectivity index (χ2n) is 5.10. The van der Waals surface area contributed by atoms with Crippen LogP contribution in [0.2, 0.25) is 0 Å². The normalized spacial score (nSPS) is 11.0. The van der Waals surface area contributed by atoms with Gasteiger partial charge in [-0.15, -0.1) is 0 Å². The molecule has 2 aromatic carbocycles. The van der Waals surface area contributed by atoms with Crippen LogP contribution in [0.5, 0.6) is 5.75 Å². The first-order valence-corrected chi connectivity index (χ1v) is 7.16. The van der Waals surface area contributed by atoms with Gasteiger partial charge in [0.25, 0.3) is 0 Å². The van der Waals surface area contributed by atoms with Gasteiger partial charge in [-0.2, -0.15) is 8.78 Å². The molecule has 0 spiro atoms. The molecule has 2 rings (SSSR count). The zero-order valence-corrected chi connectivity index (χ0v) is 13.0. The van der Waals surface area contributed by atoms with Crippen LogP contribution in [0.1, 0.15) is 11.1 Å². The van der Waals surface area contributed by atoms with E-state index in [4.69, 9.17) is 0 Å². The molecule has 0 aromatic heterocycles. The van der Waals surface area contributed by atoms with Crippen molar-refractivity contribution < 1.29 is 22.7 Å². The van der Waals surface area contributed by atoms with Gasteiger partial charge in [0.2, 0.25) is 5.91 Å². The fourth-order valence-electron chi connectivity index (χ4n) is 2.00. The van der Waals surface area contributed by atoms with E-state index < -0.39 is 6.61 Å². The van der Waals surface area contributed by atoms with Crippen molar-refractivity contribution in [2.75, 3.05) is 7.05 Å². The first-order valence-electron chi connectivity index (χ1n) is 7.16. The van der Waals surface area contributed by atoms with Crippen molar-refractivity contribution in [1.82, 2.24) is 4.90 Å². The van der Waals surface area contributed by atoms with Gasteiger partial charge in [-0.25, -0.2) is 4.39 Å². The maximum Gasteiger partial charge on any atom is 0.387 e. The zero-order valence-electron chi connectivity index (χ0n) is 13.0. The van der Waals surface area contributed by atoms with E-state index in [1.807, 2.05) is 0 Å². The van der Waals surface area contributed by atoms with Crippen molar-refractivity contribution in [3.63, 3.8) is 0 Å². The summed E-state index contributed by atoms with van der Waals surface area (Å²) in [7, 11) is 1.63. The van der Waals surface area contributed by atoms with Gasteiger partial charge >= 0.3 is 6.61 Å². The smallest absolute Gasteiger partial charge is 0.387 e. The first kappa shape index (κ1) is 17.6. The molecule has 2 aromatic rings. The number of hydrogen-bond acceptors (Lipinski definition) is 2. The molecular formula is C18H16F3NO2. The van der Waals surface area contributed by atoms with E-state index in [9.17, 15) is 18.0 Å². The molecule has 126 valence electrons. The van der Waals surface area contributed by atoms with Crippen LogP contribution in [0.15, 0.2) is 54.6 Å². The fraction of sp³-hybridized carbons (Fsp3) is 0.167. The Morgan fingerprint density at radius 1 is 1.12 bits per heavy atom. The molecule has 0 saturated heterocycles. The number of nitrogens with zero attached hydrogens (tertiary/aromatic N) is 1. The topological polar surface area (TPSA) is 29.5 Å². The average molecular weight is 335 g/mol. The van der Waals surface area contributed by atoms with Crippen LogP contribution >= 0.6 is 0 Å². The highest BCUT2D eigenvalue weighted by molar-refractivity contribution is 5.91. The minimum atomic E-state index is -2.86. The standard InChI is InChI=1S/C18H16F3NO2/c1-22(12-14-4-9-16(10-5-14)24-18(20)21)17(23)11-6-13-2-7-15(19)8-3-13/h2-11,18H,12H2,1H3. The summed E-state index contributed by atoms with van der Waals surface area (Å²) in [6.45, 7) is -2.54. The number of carbonyl (C=O) groups is 1. The van der Waals surface area contributed by atoms with Crippen molar-refractivity contribution in [1.29, 1.82) is 0 Å². The van der Waals surface area contributed by atoms with Gasteiger partial charge in [0.1, 0.15) is 11.6 Å². The third-order valence-electron chi connectivity index (χ3n) is 3.23. The first-order chi connectivity index (χ1) is 11.4. The monoisotopic (exact) mass is 335 g/mol. The molecule has 6 heteroatoms. The number of benzene rings is 2. The number of rotatable bonds is 6. The zero-order chi connectivity index (χ0) is 17.5. The molecule has 0 atom stereocenters. The van der Waals surface area contributed by atoms with Crippen molar-refractivity contribution >= 4 is 12.0 Å². The number of amides is 1. The van der Waals surface area contributed by atoms with E-state index in [-0.39, 0.29) is 17.5 Å². The van der Waals surface area contributed by atoms with Gasteiger partial charge in [-0.05, 0) is 41.5 Å². The van der Waals surface area contributed by atoms with Crippen LogP contribution in [-0.4, -0.2) is 24.5 Å². The predicted octanol–water partition coefficient (Wildman–Crippen LogP) is 4.10. The van der Waals surface area contributed by atoms with Crippen molar-refractivity contribution in [3.8, 4) is 5.75 Å². The molecule has 0 aliphatic heterocycles. The molecule has 0 radical (unpaired) electrons. The molecule has 0 fully saturated rings. The largest absolute Gasteiger partial charge is 0.435 e. The number of carbonyl (C=O) groups excluding carboxylic acids is 1. The summed E-state index contributed by atoms with van der Waals surface area (Å²) in [6, 6.07) is 11.9. The third kappa shape index (κ3) is 5.46. The van der Waals surface area contributed by atoms with E-state index in [2.05, 4.69) is 4.74 Å². The minimum absolute atomic E-state index is 0.0685. The van der Waals surface area contributed by atoms with Crippen molar-refractivity contribution in [3.05, 3.63) is 71.6 Å². The Morgan fingerprint density at radius 2 is 1.75 bits per heavy atom. The lowest BCUT2D eigenvalue weighted by molar-refractivity contribution is -0.125. The lowest BCUT2D eigenvalue weighted by atomic mass is 10.2. The maximum absolute atomic E-state index is 12.8. The molecule has 0 heterocycles. The Kier molecular flexibility index (Phi) is 6.01. The Labute approximate surface area is 138 Å². The summed E-state index contributed by atoms with van der Waals surface area (Å²) in [5, 5.41) is 0. The van der Waals surface area contributed by atoms with Gasteiger partial charge in [-0.3, -0.25) is 4.79 Å². The lowest BCUT2D eigenvalue weighted by Gasteiger charge is -2.15. The highest BCUT2D eigenvalue weighted by atomic mass is 19.3. The van der Waals surface area contributed by atoms with E-state index in [0.717, 1.165) is 5.56 Å². The third-order valence-corrected chi connectivity index (χ3v) is 3.23. The van der Waals surface area contributed by atoms with Crippen LogP contribution in [0, 0.1) is 5.82 Å². The Bertz CT molecular complexity index is 697. The molecule has 0 saturated carbocycles. The van der Waals surface area contributed by atoms with Crippen molar-refractivity contribution in [2.45, 2.75) is 13.2 Å². The number of alkyl halides is 2. The molecular weight excluding hydrogens is 319 g/mol. The van der Waals surface area contributed by atoms with Gasteiger partial charge in [0.15, 0.2) is 0 Å². The highest BCUT2D eigenvalue weighted by Crippen LogP contribution is 2.16. The van der Waals surface area contributed by atoms with E-state index >= 15 is 0 Å². The summed E-state index contributed by atoms with van der Waals surface area (Å²) in [4.78, 5) is 13.5. The molecule has 3 nitrogen and oxygen atoms in total. The Balaban J connectivity index is 1.92. The number of likely N-dealkylation sites (N-methyl/N-ethyl adjacent to an activating group) is 1. The molecule has 1 amide bonds. The number of halogens is 3. The second-order valence-corrected chi connectivity index (χ2v) is 5.10. The predicted molar refractivity (Wildman–Crippen MR) is 85.0 cm³/mol. The molecule has 0 aliphatic carbocycles. The van der Waals surface area contributed by atoms with Crippen LogP contribution in [0.3, 0.4) is 0 Å². The van der Waals surface area contributed by atoms with Gasteiger partial charge in [0, 0.05) is 19.7 Å². The quantitative estimate of drug-likeness (QED) is 0.744. The number of ether oxygens (including phenoxy) is 1. The molecule has 0 bridgehead atoms. The second kappa shape index (κ2) is 8.19.